The summed E-state index contributed by atoms with van der Waals surface area (Å²) in [6.45, 7) is 0.881. The first-order chi connectivity index (χ1) is 4.13. The van der Waals surface area contributed by atoms with Crippen molar-refractivity contribution in [1.82, 2.24) is 4.90 Å². The molecule has 3 nitrogen and oxygen atoms in total. The van der Waals surface area contributed by atoms with Gasteiger partial charge >= 0.3 is 0 Å². The molecule has 1 N–H and O–H groups in total. The Hall–Kier alpha value is 0.0700. The van der Waals surface area contributed by atoms with Gasteiger partial charge in [-0.05, 0) is 27.1 Å². The van der Waals surface area contributed by atoms with Crippen molar-refractivity contribution in [1.29, 1.82) is 0 Å². The monoisotopic (exact) mass is 151 g/mol. The minimum Gasteiger partial charge on any atom is -0.309 e. The Labute approximate surface area is 58.3 Å². The molecule has 4 heteroatoms. The zero-order valence-corrected chi connectivity index (χ0v) is 6.65. The van der Waals surface area contributed by atoms with Crippen LogP contribution in [0.5, 0.6) is 0 Å². The predicted octanol–water partition coefficient (Wildman–Crippen LogP) is 0.160. The van der Waals surface area contributed by atoms with Crippen LogP contribution in [-0.2, 0) is 11.1 Å². The third-order valence-electron chi connectivity index (χ3n) is 0.924. The smallest absolute Gasteiger partial charge is 0.152 e. The molecule has 0 saturated carbocycles. The van der Waals surface area contributed by atoms with Crippen LogP contribution in [0, 0.1) is 0 Å². The van der Waals surface area contributed by atoms with Crippen LogP contribution < -0.4 is 0 Å². The van der Waals surface area contributed by atoms with Crippen molar-refractivity contribution in [2.75, 3.05) is 26.4 Å². The Bertz CT molecular complexity index is 95.0. The molecule has 0 spiro atoms. The fraction of sp³-hybridized carbons (Fsp3) is 1.00. The summed E-state index contributed by atoms with van der Waals surface area (Å²) < 4.78 is 18.4. The Morgan fingerprint density at radius 2 is 2.11 bits per heavy atom. The third-order valence-corrected chi connectivity index (χ3v) is 1.56. The van der Waals surface area contributed by atoms with Crippen LogP contribution in [0.15, 0.2) is 0 Å². The second kappa shape index (κ2) is 4.90. The Morgan fingerprint density at radius 1 is 1.56 bits per heavy atom. The van der Waals surface area contributed by atoms with E-state index in [1.54, 1.807) is 0 Å². The maximum absolute atomic E-state index is 10.1. The van der Waals surface area contributed by atoms with E-state index in [1.165, 1.54) is 0 Å². The fourth-order valence-corrected chi connectivity index (χ4v) is 0.880. The molecule has 9 heavy (non-hydrogen) atoms. The van der Waals surface area contributed by atoms with Crippen LogP contribution in [-0.4, -0.2) is 40.1 Å². The lowest BCUT2D eigenvalue weighted by Gasteiger charge is -2.06. The van der Waals surface area contributed by atoms with Crippen molar-refractivity contribution in [2.45, 2.75) is 6.42 Å². The summed E-state index contributed by atoms with van der Waals surface area (Å²) in [7, 11) is 3.89. The van der Waals surface area contributed by atoms with Crippen molar-refractivity contribution in [3.63, 3.8) is 0 Å². The fourth-order valence-electron chi connectivity index (χ4n) is 0.504. The number of hydrogen-bond donors (Lipinski definition) is 1. The van der Waals surface area contributed by atoms with Crippen LogP contribution in [0.3, 0.4) is 0 Å². The lowest BCUT2D eigenvalue weighted by molar-refractivity contribution is 0.407. The third kappa shape index (κ3) is 8.07. The average molecular weight is 151 g/mol. The van der Waals surface area contributed by atoms with E-state index in [2.05, 4.69) is 0 Å². The van der Waals surface area contributed by atoms with Crippen LogP contribution in [0.25, 0.3) is 0 Å². The van der Waals surface area contributed by atoms with Crippen LogP contribution >= 0.6 is 0 Å². The lowest BCUT2D eigenvalue weighted by atomic mass is 10.5. The second-order valence-electron chi connectivity index (χ2n) is 2.18. The molecule has 0 aliphatic heterocycles. The highest BCUT2D eigenvalue weighted by Gasteiger charge is 1.93. The Kier molecular flexibility index (Phi) is 4.94. The maximum atomic E-state index is 10.1. The van der Waals surface area contributed by atoms with Gasteiger partial charge in [-0.15, -0.1) is 0 Å². The molecule has 0 aliphatic rings. The van der Waals surface area contributed by atoms with Gasteiger partial charge in [-0.2, -0.15) is 0 Å². The molecule has 1 atom stereocenters. The van der Waals surface area contributed by atoms with E-state index in [0.717, 1.165) is 13.0 Å². The molecule has 0 aromatic heterocycles. The molecule has 0 fully saturated rings. The molecule has 0 amide bonds. The van der Waals surface area contributed by atoms with Gasteiger partial charge in [0.05, 0.1) is 5.75 Å². The summed E-state index contributed by atoms with van der Waals surface area (Å²) in [5.41, 5.74) is 0. The number of rotatable bonds is 4. The summed E-state index contributed by atoms with van der Waals surface area (Å²) >= 11 is -1.61. The van der Waals surface area contributed by atoms with Crippen molar-refractivity contribution >= 4 is 11.1 Å². The van der Waals surface area contributed by atoms with E-state index in [0.29, 0.717) is 5.75 Å². The number of hydrogen-bond acceptors (Lipinski definition) is 2. The van der Waals surface area contributed by atoms with Crippen LogP contribution in [0.4, 0.5) is 0 Å². The SMILES string of the molecule is CN(C)CCCS(=O)O. The normalized spacial score (nSPS) is 14.2. The predicted molar refractivity (Wildman–Crippen MR) is 38.8 cm³/mol. The van der Waals surface area contributed by atoms with Crippen LogP contribution in [0.1, 0.15) is 6.42 Å². The summed E-state index contributed by atoms with van der Waals surface area (Å²) in [4.78, 5) is 1.99. The molecule has 0 bridgehead atoms. The highest BCUT2D eigenvalue weighted by atomic mass is 32.2. The molecule has 0 heterocycles. The van der Waals surface area contributed by atoms with E-state index in [9.17, 15) is 4.21 Å². The summed E-state index contributed by atoms with van der Waals surface area (Å²) in [6, 6.07) is 0. The van der Waals surface area contributed by atoms with Crippen molar-refractivity contribution in [3.05, 3.63) is 0 Å². The maximum Gasteiger partial charge on any atom is 0.152 e. The second-order valence-corrected chi connectivity index (χ2v) is 3.23. The molecule has 0 aliphatic carbocycles. The molecular weight excluding hydrogens is 138 g/mol. The van der Waals surface area contributed by atoms with Gasteiger partial charge < -0.3 is 9.45 Å². The van der Waals surface area contributed by atoms with Gasteiger partial charge in [0.2, 0.25) is 0 Å². The topological polar surface area (TPSA) is 40.5 Å². The van der Waals surface area contributed by atoms with E-state index in [-0.39, 0.29) is 0 Å². The summed E-state index contributed by atoms with van der Waals surface area (Å²) in [5.74, 6) is 0.387. The molecule has 0 rings (SSSR count). The van der Waals surface area contributed by atoms with Gasteiger partial charge in [0.25, 0.3) is 0 Å². The van der Waals surface area contributed by atoms with E-state index in [1.807, 2.05) is 19.0 Å². The molecule has 0 aromatic rings. The summed E-state index contributed by atoms with van der Waals surface area (Å²) in [5, 5.41) is 0. The van der Waals surface area contributed by atoms with Crippen molar-refractivity contribution in [3.8, 4) is 0 Å². The zero-order chi connectivity index (χ0) is 7.28. The first-order valence-corrected chi connectivity index (χ1v) is 4.12. The minimum absolute atomic E-state index is 0.387. The zero-order valence-electron chi connectivity index (χ0n) is 5.83. The minimum atomic E-state index is -1.61. The highest BCUT2D eigenvalue weighted by molar-refractivity contribution is 7.79. The van der Waals surface area contributed by atoms with E-state index in [4.69, 9.17) is 4.55 Å². The Balaban J connectivity index is 3.01. The van der Waals surface area contributed by atoms with Gasteiger partial charge in [-0.25, -0.2) is 4.21 Å². The summed E-state index contributed by atoms with van der Waals surface area (Å²) in [6.07, 6.45) is 0.788. The Morgan fingerprint density at radius 3 is 2.44 bits per heavy atom. The van der Waals surface area contributed by atoms with Crippen molar-refractivity contribution in [2.24, 2.45) is 0 Å². The van der Waals surface area contributed by atoms with Gasteiger partial charge in [-0.1, -0.05) is 0 Å². The average Bonchev–Trinajstić information content (AvgIpc) is 1.63. The largest absolute Gasteiger partial charge is 0.309 e. The first kappa shape index (κ1) is 9.07. The lowest BCUT2D eigenvalue weighted by Crippen LogP contribution is -2.15. The van der Waals surface area contributed by atoms with Gasteiger partial charge in [0.1, 0.15) is 0 Å². The van der Waals surface area contributed by atoms with Crippen molar-refractivity contribution < 1.29 is 8.76 Å². The molecule has 0 saturated heterocycles. The standard InChI is InChI=1S/C5H13NO2S/c1-6(2)4-3-5-9(7)8/h3-5H2,1-2H3,(H,7,8). The molecule has 1 unspecified atom stereocenters. The first-order valence-electron chi connectivity index (χ1n) is 2.85. The molecular formula is C5H13NO2S. The molecule has 56 valence electrons. The van der Waals surface area contributed by atoms with Gasteiger partial charge in [0.15, 0.2) is 11.1 Å². The highest BCUT2D eigenvalue weighted by Crippen LogP contribution is 1.84. The van der Waals surface area contributed by atoms with Crippen LogP contribution in [0.2, 0.25) is 0 Å². The number of nitrogens with zero attached hydrogens (tertiary/aromatic N) is 1. The quantitative estimate of drug-likeness (QED) is 0.582. The molecule has 0 radical (unpaired) electrons. The van der Waals surface area contributed by atoms with Gasteiger partial charge in [-0.3, -0.25) is 0 Å². The molecule has 0 aromatic carbocycles. The van der Waals surface area contributed by atoms with E-state index < -0.39 is 11.1 Å². The van der Waals surface area contributed by atoms with E-state index >= 15 is 0 Å². The van der Waals surface area contributed by atoms with Gasteiger partial charge in [0, 0.05) is 0 Å².